The van der Waals surface area contributed by atoms with Gasteiger partial charge in [0.2, 0.25) is 0 Å². The normalized spacial score (nSPS) is 34.3. The Balaban J connectivity index is 1.90. The highest BCUT2D eigenvalue weighted by Gasteiger charge is 2.53. The van der Waals surface area contributed by atoms with E-state index in [-0.39, 0.29) is 5.56 Å². The molecule has 2 aliphatic rings. The van der Waals surface area contributed by atoms with E-state index in [1.165, 1.54) is 13.3 Å². The van der Waals surface area contributed by atoms with Crippen LogP contribution in [0.25, 0.3) is 11.0 Å². The third-order valence-electron chi connectivity index (χ3n) is 4.85. The van der Waals surface area contributed by atoms with Crippen LogP contribution in [-0.4, -0.2) is 54.3 Å². The third kappa shape index (κ3) is 2.06. The number of nitrogens with zero attached hydrogens (tertiary/aromatic N) is 2. The van der Waals surface area contributed by atoms with Crippen LogP contribution in [0.2, 0.25) is 0 Å². The lowest BCUT2D eigenvalue weighted by molar-refractivity contribution is -0.0948. The first-order valence-electron chi connectivity index (χ1n) is 7.70. The van der Waals surface area contributed by atoms with Crippen molar-refractivity contribution in [3.8, 4) is 0 Å². The van der Waals surface area contributed by atoms with Crippen LogP contribution in [0, 0.1) is 0 Å². The minimum absolute atomic E-state index is 0.229. The smallest absolute Gasteiger partial charge is 0.260 e. The van der Waals surface area contributed by atoms with E-state index in [9.17, 15) is 20.1 Å². The van der Waals surface area contributed by atoms with Gasteiger partial charge >= 0.3 is 0 Å². The van der Waals surface area contributed by atoms with Crippen LogP contribution in [0.3, 0.4) is 0 Å². The summed E-state index contributed by atoms with van der Waals surface area (Å²) in [6, 6.07) is 0. The molecule has 2 aromatic rings. The lowest BCUT2D eigenvalue weighted by Crippen LogP contribution is -2.44. The average molecular weight is 321 g/mol. The minimum Gasteiger partial charge on any atom is -0.394 e. The van der Waals surface area contributed by atoms with Crippen LogP contribution in [0.4, 0.5) is 0 Å². The molecule has 0 spiro atoms. The highest BCUT2D eigenvalue weighted by molar-refractivity contribution is 5.80. The van der Waals surface area contributed by atoms with Crippen molar-refractivity contribution in [2.75, 3.05) is 6.61 Å². The Kier molecular flexibility index (Phi) is 3.14. The molecular formula is C15H19N3O5. The number of H-pyrrole nitrogens is 1. The lowest BCUT2D eigenvalue weighted by Gasteiger charge is -2.27. The Morgan fingerprint density at radius 1 is 1.52 bits per heavy atom. The SMILES string of the molecule is C[C@@]1(O)[C@H](O)[C@@H](CO)O[C@H]1n1cc(C2CC2)c2c(=O)[nH]cnc21. The van der Waals surface area contributed by atoms with E-state index in [0.29, 0.717) is 17.0 Å². The number of aromatic nitrogens is 3. The van der Waals surface area contributed by atoms with Crippen LogP contribution in [0.5, 0.6) is 0 Å². The molecule has 23 heavy (non-hydrogen) atoms. The number of ether oxygens (including phenoxy) is 1. The number of aliphatic hydroxyl groups is 3. The molecule has 2 fully saturated rings. The van der Waals surface area contributed by atoms with Gasteiger partial charge in [-0.25, -0.2) is 4.98 Å². The maximum absolute atomic E-state index is 12.2. The number of hydrogen-bond donors (Lipinski definition) is 4. The summed E-state index contributed by atoms with van der Waals surface area (Å²) in [7, 11) is 0. The number of aromatic amines is 1. The summed E-state index contributed by atoms with van der Waals surface area (Å²) in [4.78, 5) is 19.0. The molecule has 3 heterocycles. The maximum atomic E-state index is 12.2. The molecule has 0 radical (unpaired) electrons. The summed E-state index contributed by atoms with van der Waals surface area (Å²) in [5, 5.41) is 30.6. The van der Waals surface area contributed by atoms with Crippen LogP contribution >= 0.6 is 0 Å². The van der Waals surface area contributed by atoms with Crippen molar-refractivity contribution in [3.63, 3.8) is 0 Å². The highest BCUT2D eigenvalue weighted by Crippen LogP contribution is 2.45. The fraction of sp³-hybridized carbons (Fsp3) is 0.600. The second kappa shape index (κ2) is 4.88. The molecule has 124 valence electrons. The minimum atomic E-state index is -1.61. The van der Waals surface area contributed by atoms with Crippen molar-refractivity contribution in [2.45, 2.75) is 49.7 Å². The number of nitrogens with one attached hydrogen (secondary N) is 1. The number of aliphatic hydroxyl groups excluding tert-OH is 2. The highest BCUT2D eigenvalue weighted by atomic mass is 16.6. The van der Waals surface area contributed by atoms with Crippen molar-refractivity contribution >= 4 is 11.0 Å². The molecule has 8 heteroatoms. The van der Waals surface area contributed by atoms with Gasteiger partial charge in [-0.15, -0.1) is 0 Å². The molecule has 1 saturated heterocycles. The van der Waals surface area contributed by atoms with Crippen LogP contribution in [-0.2, 0) is 4.74 Å². The summed E-state index contributed by atoms with van der Waals surface area (Å²) in [5.74, 6) is 0.314. The zero-order valence-electron chi connectivity index (χ0n) is 12.6. The molecule has 2 aromatic heterocycles. The van der Waals surface area contributed by atoms with Crippen molar-refractivity contribution in [3.05, 3.63) is 28.4 Å². The molecule has 8 nitrogen and oxygen atoms in total. The number of fused-ring (bicyclic) bond motifs is 1. The molecule has 0 aromatic carbocycles. The summed E-state index contributed by atoms with van der Waals surface area (Å²) < 4.78 is 7.24. The van der Waals surface area contributed by atoms with Gasteiger partial charge in [-0.3, -0.25) is 4.79 Å². The van der Waals surface area contributed by atoms with Gasteiger partial charge in [0.25, 0.3) is 5.56 Å². The topological polar surface area (TPSA) is 121 Å². The molecule has 1 aliphatic carbocycles. The largest absolute Gasteiger partial charge is 0.394 e. The lowest BCUT2D eigenvalue weighted by atomic mass is 9.96. The van der Waals surface area contributed by atoms with Crippen molar-refractivity contribution in [1.82, 2.24) is 14.5 Å². The molecule has 0 unspecified atom stereocenters. The fourth-order valence-electron chi connectivity index (χ4n) is 3.39. The molecule has 0 amide bonds. The van der Waals surface area contributed by atoms with Gasteiger partial charge in [-0.1, -0.05) is 0 Å². The van der Waals surface area contributed by atoms with E-state index in [1.54, 1.807) is 10.8 Å². The van der Waals surface area contributed by atoms with Gasteiger partial charge in [0, 0.05) is 6.20 Å². The molecule has 4 N–H and O–H groups in total. The number of rotatable bonds is 3. The van der Waals surface area contributed by atoms with E-state index in [0.717, 1.165) is 18.4 Å². The van der Waals surface area contributed by atoms with Gasteiger partial charge in [-0.2, -0.15) is 0 Å². The van der Waals surface area contributed by atoms with Gasteiger partial charge < -0.3 is 29.6 Å². The van der Waals surface area contributed by atoms with Crippen molar-refractivity contribution < 1.29 is 20.1 Å². The van der Waals surface area contributed by atoms with Crippen molar-refractivity contribution in [1.29, 1.82) is 0 Å². The third-order valence-corrected chi connectivity index (χ3v) is 4.85. The average Bonchev–Trinajstić information content (AvgIpc) is 3.25. The van der Waals surface area contributed by atoms with E-state index >= 15 is 0 Å². The Morgan fingerprint density at radius 3 is 2.87 bits per heavy atom. The van der Waals surface area contributed by atoms with Crippen LogP contribution in [0.15, 0.2) is 17.3 Å². The molecule has 4 atom stereocenters. The van der Waals surface area contributed by atoms with E-state index in [2.05, 4.69) is 9.97 Å². The first kappa shape index (κ1) is 14.8. The Hall–Kier alpha value is -1.74. The summed E-state index contributed by atoms with van der Waals surface area (Å²) >= 11 is 0. The predicted octanol–water partition coefficient (Wildman–Crippen LogP) is -0.396. The zero-order chi connectivity index (χ0) is 16.4. The fourth-order valence-corrected chi connectivity index (χ4v) is 3.39. The van der Waals surface area contributed by atoms with Gasteiger partial charge in [0.15, 0.2) is 6.23 Å². The molecular weight excluding hydrogens is 302 g/mol. The molecule has 0 bridgehead atoms. The standard InChI is InChI=1S/C15H19N3O5/c1-15(22)11(20)9(5-19)23-14(15)18-4-8(7-2-3-7)10-12(18)16-6-17-13(10)21/h4,6-7,9,11,14,19-20,22H,2-3,5H2,1H3,(H,16,17,21)/t9-,11-,14-,15-/m1/s1. The summed E-state index contributed by atoms with van der Waals surface area (Å²) in [6.07, 6.45) is 2.05. The Bertz CT molecular complexity index is 807. The molecule has 4 rings (SSSR count). The monoisotopic (exact) mass is 321 g/mol. The van der Waals surface area contributed by atoms with Crippen molar-refractivity contribution in [2.24, 2.45) is 0 Å². The van der Waals surface area contributed by atoms with E-state index < -0.39 is 30.6 Å². The van der Waals surface area contributed by atoms with Crippen LogP contribution < -0.4 is 5.56 Å². The van der Waals surface area contributed by atoms with E-state index in [1.807, 2.05) is 0 Å². The first-order valence-corrected chi connectivity index (χ1v) is 7.70. The second-order valence-electron chi connectivity index (χ2n) is 6.58. The quantitative estimate of drug-likeness (QED) is 0.611. The zero-order valence-corrected chi connectivity index (χ0v) is 12.6. The Labute approximate surface area is 131 Å². The molecule has 1 saturated carbocycles. The maximum Gasteiger partial charge on any atom is 0.260 e. The van der Waals surface area contributed by atoms with Crippen LogP contribution in [0.1, 0.15) is 37.5 Å². The molecule has 1 aliphatic heterocycles. The summed E-state index contributed by atoms with van der Waals surface area (Å²) in [6.45, 7) is 1.05. The summed E-state index contributed by atoms with van der Waals surface area (Å²) in [5.41, 5.74) is -0.542. The van der Waals surface area contributed by atoms with Gasteiger partial charge in [-0.05, 0) is 31.2 Å². The van der Waals surface area contributed by atoms with Gasteiger partial charge in [0.1, 0.15) is 23.5 Å². The van der Waals surface area contributed by atoms with E-state index in [4.69, 9.17) is 4.74 Å². The second-order valence-corrected chi connectivity index (χ2v) is 6.58. The predicted molar refractivity (Wildman–Crippen MR) is 80.0 cm³/mol. The number of hydrogen-bond acceptors (Lipinski definition) is 6. The Morgan fingerprint density at radius 2 is 2.26 bits per heavy atom. The van der Waals surface area contributed by atoms with Gasteiger partial charge in [0.05, 0.1) is 18.3 Å². The first-order chi connectivity index (χ1) is 10.9.